The second-order valence-electron chi connectivity index (χ2n) is 7.90. The molecular formula is C21H22F2N4O2. The van der Waals surface area contributed by atoms with E-state index in [4.69, 9.17) is 9.26 Å². The number of hydrogen-bond acceptors (Lipinski definition) is 5. The fraction of sp³-hybridized carbons (Fsp3) is 0.476. The molecule has 2 aliphatic carbocycles. The maximum Gasteiger partial charge on any atom is 0.280 e. The van der Waals surface area contributed by atoms with Crippen LogP contribution < -0.4 is 4.74 Å². The number of alkyl halides is 2. The van der Waals surface area contributed by atoms with Crippen LogP contribution in [0.3, 0.4) is 0 Å². The van der Waals surface area contributed by atoms with Gasteiger partial charge in [0.25, 0.3) is 12.3 Å². The van der Waals surface area contributed by atoms with Crippen LogP contribution in [0.15, 0.2) is 34.9 Å². The van der Waals surface area contributed by atoms with Gasteiger partial charge in [-0.05, 0) is 50.7 Å². The smallest absolute Gasteiger partial charge is 0.280 e. The Morgan fingerprint density at radius 1 is 1.21 bits per heavy atom. The van der Waals surface area contributed by atoms with Gasteiger partial charge in [-0.25, -0.2) is 8.78 Å². The zero-order chi connectivity index (χ0) is 20.0. The topological polar surface area (TPSA) is 66.0 Å². The number of rotatable bonds is 6. The second kappa shape index (κ2) is 6.93. The Morgan fingerprint density at radius 2 is 1.97 bits per heavy atom. The summed E-state index contributed by atoms with van der Waals surface area (Å²) in [5.41, 5.74) is 0.787. The van der Waals surface area contributed by atoms with Crippen molar-refractivity contribution in [3.05, 3.63) is 47.4 Å². The van der Waals surface area contributed by atoms with Crippen LogP contribution >= 0.6 is 0 Å². The van der Waals surface area contributed by atoms with Gasteiger partial charge in [0.05, 0.1) is 11.5 Å². The van der Waals surface area contributed by atoms with Crippen molar-refractivity contribution in [2.75, 3.05) is 0 Å². The molecule has 0 bridgehead atoms. The first-order chi connectivity index (χ1) is 14.1. The Hall–Kier alpha value is -2.77. The molecule has 2 aromatic heterocycles. The van der Waals surface area contributed by atoms with E-state index in [1.54, 1.807) is 0 Å². The van der Waals surface area contributed by atoms with Gasteiger partial charge in [0, 0.05) is 12.6 Å². The number of halogens is 2. The molecule has 8 heteroatoms. The predicted molar refractivity (Wildman–Crippen MR) is 101 cm³/mol. The summed E-state index contributed by atoms with van der Waals surface area (Å²) in [6.07, 6.45) is 4.00. The van der Waals surface area contributed by atoms with Gasteiger partial charge in [0.15, 0.2) is 11.5 Å². The van der Waals surface area contributed by atoms with Gasteiger partial charge in [0.2, 0.25) is 0 Å². The van der Waals surface area contributed by atoms with Gasteiger partial charge >= 0.3 is 0 Å². The summed E-state index contributed by atoms with van der Waals surface area (Å²) in [6, 6.07) is 9.32. The molecule has 29 heavy (non-hydrogen) atoms. The fourth-order valence-corrected chi connectivity index (χ4v) is 4.20. The quantitative estimate of drug-likeness (QED) is 0.594. The molecular weight excluding hydrogens is 378 g/mol. The number of ether oxygens (including phenoxy) is 1. The van der Waals surface area contributed by atoms with E-state index in [1.165, 1.54) is 26.0 Å². The summed E-state index contributed by atoms with van der Waals surface area (Å²) >= 11 is 0. The third-order valence-corrected chi connectivity index (χ3v) is 5.96. The minimum absolute atomic E-state index is 0.156. The molecule has 152 valence electrons. The first kappa shape index (κ1) is 18.3. The molecule has 1 aromatic carbocycles. The number of aromatic nitrogens is 4. The zero-order valence-electron chi connectivity index (χ0n) is 16.1. The van der Waals surface area contributed by atoms with Gasteiger partial charge in [-0.1, -0.05) is 23.4 Å². The van der Waals surface area contributed by atoms with E-state index >= 15 is 0 Å². The Kier molecular flexibility index (Phi) is 4.37. The largest absolute Gasteiger partial charge is 0.490 e. The zero-order valence-corrected chi connectivity index (χ0v) is 16.1. The lowest BCUT2D eigenvalue weighted by Crippen LogP contribution is -2.17. The van der Waals surface area contributed by atoms with Gasteiger partial charge in [0.1, 0.15) is 11.4 Å². The highest BCUT2D eigenvalue weighted by molar-refractivity contribution is 5.51. The number of aryl methyl sites for hydroxylation is 1. The number of hydrogen-bond donors (Lipinski definition) is 0. The average molecular weight is 400 g/mol. The Bertz CT molecular complexity index is 1020. The van der Waals surface area contributed by atoms with Crippen LogP contribution in [-0.2, 0) is 12.5 Å². The second-order valence-corrected chi connectivity index (χ2v) is 7.90. The van der Waals surface area contributed by atoms with Crippen molar-refractivity contribution >= 4 is 0 Å². The number of benzene rings is 1. The summed E-state index contributed by atoms with van der Waals surface area (Å²) < 4.78 is 38.9. The molecule has 0 radical (unpaired) electrons. The van der Waals surface area contributed by atoms with Crippen LogP contribution in [0.4, 0.5) is 8.78 Å². The molecule has 5 rings (SSSR count). The molecule has 0 saturated heterocycles. The predicted octanol–water partition coefficient (Wildman–Crippen LogP) is 4.81. The van der Waals surface area contributed by atoms with E-state index in [1.807, 2.05) is 18.2 Å². The molecule has 0 N–H and O–H groups in total. The monoisotopic (exact) mass is 400 g/mol. The van der Waals surface area contributed by atoms with E-state index in [0.717, 1.165) is 41.7 Å². The maximum absolute atomic E-state index is 13.1. The van der Waals surface area contributed by atoms with Crippen molar-refractivity contribution in [1.82, 2.24) is 19.9 Å². The van der Waals surface area contributed by atoms with E-state index in [-0.39, 0.29) is 28.8 Å². The van der Waals surface area contributed by atoms with Crippen molar-refractivity contribution in [3.63, 3.8) is 0 Å². The van der Waals surface area contributed by atoms with E-state index in [0.29, 0.717) is 5.82 Å². The molecule has 0 atom stereocenters. The van der Waals surface area contributed by atoms with E-state index in [9.17, 15) is 8.78 Å². The summed E-state index contributed by atoms with van der Waals surface area (Å²) in [5.74, 6) is 1.59. The standard InChI is InChI=1S/C21H22F2N4O2/c1-27-16(18(22)23)12-15(25-27)19-24-20(26-29-19)21(10-11-21)14-8-4-5-9-17(14)28-13-6-2-3-7-13/h4-5,8-9,12-13,18H,2-3,6-7,10-11H2,1H3. The molecule has 2 saturated carbocycles. The molecule has 0 unspecified atom stereocenters. The summed E-state index contributed by atoms with van der Waals surface area (Å²) in [7, 11) is 1.47. The normalized spacial score (nSPS) is 18.5. The molecule has 2 fully saturated rings. The lowest BCUT2D eigenvalue weighted by molar-refractivity contribution is 0.141. The summed E-state index contributed by atoms with van der Waals surface area (Å²) in [6.45, 7) is 0. The lowest BCUT2D eigenvalue weighted by atomic mass is 9.94. The first-order valence-corrected chi connectivity index (χ1v) is 10.00. The lowest BCUT2D eigenvalue weighted by Gasteiger charge is -2.20. The van der Waals surface area contributed by atoms with Gasteiger partial charge in [-0.2, -0.15) is 10.1 Å². The van der Waals surface area contributed by atoms with Crippen LogP contribution in [-0.4, -0.2) is 26.0 Å². The maximum atomic E-state index is 13.1. The molecule has 6 nitrogen and oxygen atoms in total. The van der Waals surface area contributed by atoms with Gasteiger partial charge in [-0.15, -0.1) is 0 Å². The van der Waals surface area contributed by atoms with Crippen LogP contribution in [0, 0.1) is 0 Å². The highest BCUT2D eigenvalue weighted by Crippen LogP contribution is 2.55. The van der Waals surface area contributed by atoms with Crippen molar-refractivity contribution in [3.8, 4) is 17.3 Å². The van der Waals surface area contributed by atoms with Crippen LogP contribution in [0.1, 0.15) is 62.0 Å². The van der Waals surface area contributed by atoms with E-state index in [2.05, 4.69) is 21.3 Å². The summed E-state index contributed by atoms with van der Waals surface area (Å²) in [5, 5.41) is 8.27. The van der Waals surface area contributed by atoms with Crippen LogP contribution in [0.5, 0.6) is 5.75 Å². The molecule has 0 aliphatic heterocycles. The van der Waals surface area contributed by atoms with Gasteiger partial charge < -0.3 is 9.26 Å². The Balaban J connectivity index is 1.46. The molecule has 2 aliphatic rings. The third kappa shape index (κ3) is 3.20. The first-order valence-electron chi connectivity index (χ1n) is 10.00. The number of nitrogens with zero attached hydrogens (tertiary/aromatic N) is 4. The Labute approximate surface area is 166 Å². The van der Waals surface area contributed by atoms with E-state index < -0.39 is 6.43 Å². The molecule has 2 heterocycles. The number of para-hydroxylation sites is 1. The molecule has 0 spiro atoms. The van der Waals surface area contributed by atoms with Crippen LogP contribution in [0.25, 0.3) is 11.6 Å². The Morgan fingerprint density at radius 3 is 2.66 bits per heavy atom. The van der Waals surface area contributed by atoms with Crippen molar-refractivity contribution < 1.29 is 18.0 Å². The highest BCUT2D eigenvalue weighted by Gasteiger charge is 2.52. The SMILES string of the molecule is Cn1nc(-c2nc(C3(c4ccccc4OC4CCCC4)CC3)no2)cc1C(F)F. The highest BCUT2D eigenvalue weighted by atomic mass is 19.3. The third-order valence-electron chi connectivity index (χ3n) is 5.96. The minimum atomic E-state index is -2.61. The van der Waals surface area contributed by atoms with Crippen molar-refractivity contribution in [2.45, 2.75) is 56.5 Å². The van der Waals surface area contributed by atoms with Crippen molar-refractivity contribution in [2.24, 2.45) is 7.05 Å². The van der Waals surface area contributed by atoms with Gasteiger partial charge in [-0.3, -0.25) is 4.68 Å². The minimum Gasteiger partial charge on any atom is -0.490 e. The summed E-state index contributed by atoms with van der Waals surface area (Å²) in [4.78, 5) is 4.52. The fourth-order valence-electron chi connectivity index (χ4n) is 4.20. The average Bonchev–Trinajstić information content (AvgIpc) is 3.09. The molecule has 3 aromatic rings. The van der Waals surface area contributed by atoms with Crippen LogP contribution in [0.2, 0.25) is 0 Å². The molecule has 0 amide bonds. The van der Waals surface area contributed by atoms with Crippen molar-refractivity contribution in [1.29, 1.82) is 0 Å².